The normalized spacial score (nSPS) is 19.5. The summed E-state index contributed by atoms with van der Waals surface area (Å²) in [6, 6.07) is 18.2. The predicted octanol–water partition coefficient (Wildman–Crippen LogP) is 3.62. The van der Waals surface area contributed by atoms with E-state index < -0.39 is 21.7 Å². The molecule has 0 bridgehead atoms. The molecule has 3 nitrogen and oxygen atoms in total. The predicted molar refractivity (Wildman–Crippen MR) is 83.8 cm³/mol. The van der Waals surface area contributed by atoms with Crippen LogP contribution in [0.15, 0.2) is 60.7 Å². The highest BCUT2D eigenvalue weighted by atomic mass is 35.5. The Bertz CT molecular complexity index is 650. The number of ether oxygens (including phenoxy) is 1. The average molecular weight is 335 g/mol. The molecule has 0 unspecified atom stereocenters. The zero-order valence-electron chi connectivity index (χ0n) is 11.5. The highest BCUT2D eigenvalue weighted by Crippen LogP contribution is 2.45. The summed E-state index contributed by atoms with van der Waals surface area (Å²) in [5, 5.41) is 0. The molecule has 1 saturated heterocycles. The lowest BCUT2D eigenvalue weighted by atomic mass is 9.80. The molecule has 0 aromatic heterocycles. The van der Waals surface area contributed by atoms with Crippen molar-refractivity contribution in [2.45, 2.75) is 16.4 Å². The summed E-state index contributed by atoms with van der Waals surface area (Å²) in [5.41, 5.74) is 0.197. The quantitative estimate of drug-likeness (QED) is 0.478. The molecule has 0 N–H and O–H groups in total. The number of benzene rings is 2. The zero-order valence-corrected chi connectivity index (χ0v) is 13.0. The summed E-state index contributed by atoms with van der Waals surface area (Å²) in [7, 11) is 0. The van der Waals surface area contributed by atoms with Crippen molar-refractivity contribution < 1.29 is 14.3 Å². The number of esters is 1. The number of cyclic esters (lactones) is 1. The van der Waals surface area contributed by atoms with Gasteiger partial charge in [-0.05, 0) is 0 Å². The second-order valence-corrected chi connectivity index (χ2v) is 6.45. The van der Waals surface area contributed by atoms with Crippen molar-refractivity contribution in [3.8, 4) is 0 Å². The Labute approximate surface area is 137 Å². The van der Waals surface area contributed by atoms with Crippen molar-refractivity contribution in [3.63, 3.8) is 0 Å². The molecule has 0 spiro atoms. The molecule has 5 heteroatoms. The van der Waals surface area contributed by atoms with Crippen LogP contribution in [0, 0.1) is 0 Å². The van der Waals surface area contributed by atoms with E-state index in [0.29, 0.717) is 11.1 Å². The van der Waals surface area contributed by atoms with Gasteiger partial charge in [-0.3, -0.25) is 4.79 Å². The number of hydrogen-bond donors (Lipinski definition) is 0. The highest BCUT2D eigenvalue weighted by molar-refractivity contribution is 6.67. The number of carbonyl (C=O) groups excluding carboxylic acids is 2. The number of halogens is 2. The minimum Gasteiger partial charge on any atom is -0.446 e. The molecule has 0 saturated carbocycles. The molecule has 1 aliphatic heterocycles. The molecule has 0 atom stereocenters. The van der Waals surface area contributed by atoms with Crippen molar-refractivity contribution in [1.82, 2.24) is 0 Å². The molecule has 2 aromatic rings. The van der Waals surface area contributed by atoms with Crippen LogP contribution in [0.2, 0.25) is 0 Å². The smallest absolute Gasteiger partial charge is 0.351 e. The first-order valence-corrected chi connectivity index (χ1v) is 7.48. The molecule has 112 valence electrons. The molecule has 3 rings (SSSR count). The van der Waals surface area contributed by atoms with Crippen LogP contribution in [0.5, 0.6) is 0 Å². The van der Waals surface area contributed by atoms with Crippen LogP contribution < -0.4 is 0 Å². The molecule has 1 heterocycles. The maximum absolute atomic E-state index is 12.3. The van der Waals surface area contributed by atoms with Crippen LogP contribution in [-0.4, -0.2) is 16.1 Å². The highest BCUT2D eigenvalue weighted by Gasteiger charge is 2.56. The van der Waals surface area contributed by atoms with Crippen LogP contribution in [0.4, 0.5) is 0 Å². The molecule has 0 aliphatic carbocycles. The number of rotatable bonds is 2. The van der Waals surface area contributed by atoms with E-state index >= 15 is 0 Å². The van der Waals surface area contributed by atoms with Gasteiger partial charge in [-0.2, -0.15) is 0 Å². The van der Waals surface area contributed by atoms with Gasteiger partial charge in [0.15, 0.2) is 11.4 Å². The Morgan fingerprint density at radius 3 is 1.68 bits per heavy atom. The van der Waals surface area contributed by atoms with Gasteiger partial charge in [0.1, 0.15) is 0 Å². The summed E-state index contributed by atoms with van der Waals surface area (Å²) in [6.07, 6.45) is -0.111. The van der Waals surface area contributed by atoms with E-state index in [0.717, 1.165) is 0 Å². The third-order valence-electron chi connectivity index (χ3n) is 3.76. The third-order valence-corrected chi connectivity index (χ3v) is 4.49. The van der Waals surface area contributed by atoms with Gasteiger partial charge in [0.05, 0.1) is 6.42 Å². The van der Waals surface area contributed by atoms with Gasteiger partial charge in [0, 0.05) is 11.1 Å². The summed E-state index contributed by atoms with van der Waals surface area (Å²) >= 11 is 11.6. The first-order chi connectivity index (χ1) is 10.5. The standard InChI is InChI=1S/C17H12Cl2O3/c18-17(19)14(20)11-16(22-15(17)21,12-7-3-1-4-8-12)13-9-5-2-6-10-13/h1-10H,11H2. The van der Waals surface area contributed by atoms with E-state index in [1.165, 1.54) is 0 Å². The molecular formula is C17H12Cl2O3. The van der Waals surface area contributed by atoms with E-state index in [2.05, 4.69) is 0 Å². The van der Waals surface area contributed by atoms with Gasteiger partial charge in [-0.15, -0.1) is 0 Å². The van der Waals surface area contributed by atoms with Crippen LogP contribution in [0.25, 0.3) is 0 Å². The van der Waals surface area contributed by atoms with Crippen molar-refractivity contribution in [2.75, 3.05) is 0 Å². The summed E-state index contributed by atoms with van der Waals surface area (Å²) in [5.74, 6) is -1.51. The fourth-order valence-corrected chi connectivity index (χ4v) is 2.82. The maximum Gasteiger partial charge on any atom is 0.351 e. The van der Waals surface area contributed by atoms with Gasteiger partial charge >= 0.3 is 5.97 Å². The average Bonchev–Trinajstić information content (AvgIpc) is 2.54. The lowest BCUT2D eigenvalue weighted by Crippen LogP contribution is -2.52. The van der Waals surface area contributed by atoms with Crippen molar-refractivity contribution in [1.29, 1.82) is 0 Å². The maximum atomic E-state index is 12.3. The summed E-state index contributed by atoms with van der Waals surface area (Å²) < 4.78 is 3.46. The minimum atomic E-state index is -2.15. The first kappa shape index (κ1) is 15.1. The molecule has 1 aliphatic rings. The van der Waals surface area contributed by atoms with Gasteiger partial charge in [-0.25, -0.2) is 4.79 Å². The molecule has 0 amide bonds. The van der Waals surface area contributed by atoms with Crippen LogP contribution >= 0.6 is 23.2 Å². The molecule has 1 fully saturated rings. The van der Waals surface area contributed by atoms with Gasteiger partial charge in [-0.1, -0.05) is 83.9 Å². The fraction of sp³-hybridized carbons (Fsp3) is 0.176. The van der Waals surface area contributed by atoms with Crippen molar-refractivity contribution >= 4 is 35.0 Å². The fourth-order valence-electron chi connectivity index (χ4n) is 2.61. The monoisotopic (exact) mass is 334 g/mol. The molecule has 0 radical (unpaired) electrons. The van der Waals surface area contributed by atoms with E-state index in [4.69, 9.17) is 27.9 Å². The zero-order chi connectivity index (χ0) is 15.8. The first-order valence-electron chi connectivity index (χ1n) is 6.72. The van der Waals surface area contributed by atoms with Gasteiger partial charge in [0.25, 0.3) is 4.33 Å². The number of ketones is 1. The number of alkyl halides is 2. The van der Waals surface area contributed by atoms with E-state index in [1.54, 1.807) is 0 Å². The second-order valence-electron chi connectivity index (χ2n) is 5.12. The molecule has 22 heavy (non-hydrogen) atoms. The summed E-state index contributed by atoms with van der Waals surface area (Å²) in [6.45, 7) is 0. The third kappa shape index (κ3) is 2.31. The molecule has 2 aromatic carbocycles. The van der Waals surface area contributed by atoms with Crippen LogP contribution in [0.3, 0.4) is 0 Å². The Kier molecular flexibility index (Phi) is 3.71. The Morgan fingerprint density at radius 2 is 1.27 bits per heavy atom. The second kappa shape index (κ2) is 5.41. The Balaban J connectivity index is 2.18. The summed E-state index contributed by atoms with van der Waals surface area (Å²) in [4.78, 5) is 24.5. The number of carbonyl (C=O) groups is 2. The van der Waals surface area contributed by atoms with E-state index in [9.17, 15) is 9.59 Å². The molecular weight excluding hydrogens is 323 g/mol. The van der Waals surface area contributed by atoms with Crippen LogP contribution in [-0.2, 0) is 19.9 Å². The largest absolute Gasteiger partial charge is 0.446 e. The lowest BCUT2D eigenvalue weighted by Gasteiger charge is -2.40. The van der Waals surface area contributed by atoms with E-state index in [-0.39, 0.29) is 6.42 Å². The SMILES string of the molecule is O=C1CC(c2ccccc2)(c2ccccc2)OC(=O)C1(Cl)Cl. The van der Waals surface area contributed by atoms with Crippen molar-refractivity contribution in [2.24, 2.45) is 0 Å². The van der Waals surface area contributed by atoms with Gasteiger partial charge < -0.3 is 4.74 Å². The Morgan fingerprint density at radius 1 is 0.818 bits per heavy atom. The number of hydrogen-bond acceptors (Lipinski definition) is 3. The van der Waals surface area contributed by atoms with Gasteiger partial charge in [0.2, 0.25) is 0 Å². The van der Waals surface area contributed by atoms with E-state index in [1.807, 2.05) is 60.7 Å². The Hall–Kier alpha value is -1.84. The lowest BCUT2D eigenvalue weighted by molar-refractivity contribution is -0.168. The van der Waals surface area contributed by atoms with Crippen LogP contribution in [0.1, 0.15) is 17.5 Å². The number of Topliss-reactive ketones (excluding diaryl/α,β-unsaturated/α-hetero) is 1. The minimum absolute atomic E-state index is 0.111. The topological polar surface area (TPSA) is 43.4 Å². The van der Waals surface area contributed by atoms with Crippen molar-refractivity contribution in [3.05, 3.63) is 71.8 Å².